The monoisotopic (exact) mass is 210 g/mol. The summed E-state index contributed by atoms with van der Waals surface area (Å²) in [5, 5.41) is 0. The molecule has 1 saturated carbocycles. The molecule has 1 fully saturated rings. The van der Waals surface area contributed by atoms with Crippen LogP contribution in [0.25, 0.3) is 0 Å². The number of carbonyl (C=O) groups is 1. The largest absolute Gasteiger partial charge is 0.455 e. The fourth-order valence-electron chi connectivity index (χ4n) is 2.10. The van der Waals surface area contributed by atoms with E-state index in [0.29, 0.717) is 6.42 Å². The van der Waals surface area contributed by atoms with E-state index in [1.807, 2.05) is 6.08 Å². The van der Waals surface area contributed by atoms with Gasteiger partial charge in [0.05, 0.1) is 0 Å². The Hall–Kier alpha value is -0.790. The van der Waals surface area contributed by atoms with Gasteiger partial charge in [-0.1, -0.05) is 26.3 Å². The van der Waals surface area contributed by atoms with Gasteiger partial charge < -0.3 is 4.74 Å². The lowest BCUT2D eigenvalue weighted by molar-refractivity contribution is -0.157. The molecule has 0 aliphatic heterocycles. The highest BCUT2D eigenvalue weighted by Crippen LogP contribution is 2.32. The van der Waals surface area contributed by atoms with E-state index in [1.165, 1.54) is 6.42 Å². The molecule has 0 aromatic carbocycles. The Bertz CT molecular complexity index is 215. The molecule has 2 heteroatoms. The van der Waals surface area contributed by atoms with Crippen molar-refractivity contribution in [2.24, 2.45) is 0 Å². The van der Waals surface area contributed by atoms with Crippen molar-refractivity contribution in [3.63, 3.8) is 0 Å². The molecule has 0 saturated heterocycles. The van der Waals surface area contributed by atoms with Crippen molar-refractivity contribution in [3.8, 4) is 0 Å². The fraction of sp³-hybridized carbons (Fsp3) is 0.769. The van der Waals surface area contributed by atoms with Gasteiger partial charge in [0.2, 0.25) is 0 Å². The van der Waals surface area contributed by atoms with Crippen LogP contribution in [0.2, 0.25) is 0 Å². The van der Waals surface area contributed by atoms with Gasteiger partial charge in [-0.2, -0.15) is 0 Å². The predicted octanol–water partition coefficient (Wildman–Crippen LogP) is 3.61. The van der Waals surface area contributed by atoms with Crippen LogP contribution < -0.4 is 0 Å². The molecule has 15 heavy (non-hydrogen) atoms. The Morgan fingerprint density at radius 1 is 1.40 bits per heavy atom. The molecule has 1 rings (SSSR count). The lowest BCUT2D eigenvalue weighted by atomic mass is 9.85. The summed E-state index contributed by atoms with van der Waals surface area (Å²) in [6, 6.07) is 0. The summed E-state index contributed by atoms with van der Waals surface area (Å²) in [5.74, 6) is -0.0568. The molecule has 0 radical (unpaired) electrons. The Kier molecular flexibility index (Phi) is 4.86. The maximum atomic E-state index is 11.6. The summed E-state index contributed by atoms with van der Waals surface area (Å²) in [4.78, 5) is 11.6. The summed E-state index contributed by atoms with van der Waals surface area (Å²) in [5.41, 5.74) is -0.344. The number of ether oxygens (including phenoxy) is 1. The van der Waals surface area contributed by atoms with Crippen molar-refractivity contribution in [2.45, 2.75) is 63.9 Å². The van der Waals surface area contributed by atoms with Crippen LogP contribution in [0.4, 0.5) is 0 Å². The van der Waals surface area contributed by atoms with Crippen LogP contribution in [0, 0.1) is 0 Å². The first-order valence-corrected chi connectivity index (χ1v) is 6.08. The number of carbonyl (C=O) groups excluding carboxylic acids is 1. The molecule has 0 heterocycles. The zero-order valence-corrected chi connectivity index (χ0v) is 9.76. The Morgan fingerprint density at radius 2 is 2.07 bits per heavy atom. The molecule has 0 N–H and O–H groups in total. The Balaban J connectivity index is 2.44. The second-order valence-corrected chi connectivity index (χ2v) is 4.41. The zero-order valence-electron chi connectivity index (χ0n) is 9.76. The molecule has 0 bridgehead atoms. The number of esters is 1. The summed E-state index contributed by atoms with van der Waals surface area (Å²) < 4.78 is 5.57. The average molecular weight is 210 g/mol. The Morgan fingerprint density at radius 3 is 2.60 bits per heavy atom. The second-order valence-electron chi connectivity index (χ2n) is 4.41. The number of unbranched alkanes of at least 4 members (excludes halogenated alkanes) is 1. The number of hydrogen-bond acceptors (Lipinski definition) is 2. The summed E-state index contributed by atoms with van der Waals surface area (Å²) in [7, 11) is 0. The van der Waals surface area contributed by atoms with Gasteiger partial charge in [0.15, 0.2) is 0 Å². The summed E-state index contributed by atoms with van der Waals surface area (Å²) in [6.45, 7) is 5.89. The van der Waals surface area contributed by atoms with Gasteiger partial charge in [0.1, 0.15) is 5.60 Å². The smallest absolute Gasteiger partial charge is 0.306 e. The third-order valence-corrected chi connectivity index (χ3v) is 3.12. The molecule has 0 aromatic heterocycles. The van der Waals surface area contributed by atoms with Gasteiger partial charge in [0.25, 0.3) is 0 Å². The zero-order chi connectivity index (χ0) is 11.1. The highest BCUT2D eigenvalue weighted by Gasteiger charge is 2.32. The second kappa shape index (κ2) is 5.94. The van der Waals surface area contributed by atoms with Gasteiger partial charge in [-0.05, 0) is 38.2 Å². The van der Waals surface area contributed by atoms with Crippen molar-refractivity contribution >= 4 is 5.97 Å². The van der Waals surface area contributed by atoms with E-state index < -0.39 is 0 Å². The maximum absolute atomic E-state index is 11.6. The minimum Gasteiger partial charge on any atom is -0.455 e. The molecule has 1 aliphatic carbocycles. The first-order valence-electron chi connectivity index (χ1n) is 6.08. The quantitative estimate of drug-likeness (QED) is 0.512. The highest BCUT2D eigenvalue weighted by atomic mass is 16.6. The van der Waals surface area contributed by atoms with Crippen molar-refractivity contribution in [1.29, 1.82) is 0 Å². The summed E-state index contributed by atoms with van der Waals surface area (Å²) >= 11 is 0. The minimum absolute atomic E-state index is 0.0568. The van der Waals surface area contributed by atoms with E-state index in [9.17, 15) is 4.79 Å². The molecular formula is C13H22O2. The molecule has 0 unspecified atom stereocenters. The lowest BCUT2D eigenvalue weighted by Crippen LogP contribution is -2.35. The van der Waals surface area contributed by atoms with Crippen molar-refractivity contribution in [3.05, 3.63) is 12.7 Å². The first-order chi connectivity index (χ1) is 7.22. The molecule has 0 amide bonds. The minimum atomic E-state index is -0.344. The average Bonchev–Trinajstić information content (AvgIpc) is 2.27. The van der Waals surface area contributed by atoms with Gasteiger partial charge in [-0.25, -0.2) is 0 Å². The van der Waals surface area contributed by atoms with Crippen LogP contribution in [0.15, 0.2) is 12.7 Å². The van der Waals surface area contributed by atoms with Crippen molar-refractivity contribution in [1.82, 2.24) is 0 Å². The van der Waals surface area contributed by atoms with Crippen LogP contribution in [0.5, 0.6) is 0 Å². The van der Waals surface area contributed by atoms with Crippen molar-refractivity contribution in [2.75, 3.05) is 0 Å². The highest BCUT2D eigenvalue weighted by molar-refractivity contribution is 5.70. The van der Waals surface area contributed by atoms with E-state index in [4.69, 9.17) is 4.74 Å². The topological polar surface area (TPSA) is 26.3 Å². The lowest BCUT2D eigenvalue weighted by Gasteiger charge is -2.33. The standard InChI is InChI=1S/C13H22O2/c1-3-5-9-12(14)15-13(4-2)10-7-6-8-11-13/h4H,2-3,5-11H2,1H3. The van der Waals surface area contributed by atoms with Crippen LogP contribution >= 0.6 is 0 Å². The normalized spacial score (nSPS) is 19.5. The number of hydrogen-bond donors (Lipinski definition) is 0. The third kappa shape index (κ3) is 3.69. The number of rotatable bonds is 5. The van der Waals surface area contributed by atoms with Crippen molar-refractivity contribution < 1.29 is 9.53 Å². The Labute approximate surface area is 92.7 Å². The molecule has 1 aliphatic rings. The van der Waals surface area contributed by atoms with Crippen LogP contribution in [-0.4, -0.2) is 11.6 Å². The predicted molar refractivity (Wildman–Crippen MR) is 61.6 cm³/mol. The van der Waals surface area contributed by atoms with Crippen LogP contribution in [0.3, 0.4) is 0 Å². The van der Waals surface area contributed by atoms with E-state index in [2.05, 4.69) is 13.5 Å². The molecule has 0 atom stereocenters. The SMILES string of the molecule is C=CC1(OC(=O)CCCC)CCCCC1. The molecule has 2 nitrogen and oxygen atoms in total. The molecule has 0 aromatic rings. The van der Waals surface area contributed by atoms with E-state index >= 15 is 0 Å². The van der Waals surface area contributed by atoms with Gasteiger partial charge in [0, 0.05) is 6.42 Å². The first kappa shape index (κ1) is 12.3. The van der Waals surface area contributed by atoms with Gasteiger partial charge >= 0.3 is 5.97 Å². The van der Waals surface area contributed by atoms with E-state index in [1.54, 1.807) is 0 Å². The third-order valence-electron chi connectivity index (χ3n) is 3.12. The van der Waals surface area contributed by atoms with E-state index in [-0.39, 0.29) is 11.6 Å². The maximum Gasteiger partial charge on any atom is 0.306 e. The van der Waals surface area contributed by atoms with Gasteiger partial charge in [-0.15, -0.1) is 0 Å². The van der Waals surface area contributed by atoms with Crippen LogP contribution in [-0.2, 0) is 9.53 Å². The van der Waals surface area contributed by atoms with Gasteiger partial charge in [-0.3, -0.25) is 4.79 Å². The summed E-state index contributed by atoms with van der Waals surface area (Å²) in [6.07, 6.45) is 9.79. The van der Waals surface area contributed by atoms with E-state index in [0.717, 1.165) is 38.5 Å². The fourth-order valence-corrected chi connectivity index (χ4v) is 2.10. The molecule has 0 spiro atoms. The molecule has 86 valence electrons. The molecular weight excluding hydrogens is 188 g/mol. The van der Waals surface area contributed by atoms with Crippen LogP contribution in [0.1, 0.15) is 58.3 Å².